The number of para-hydroxylation sites is 1. The number of H-pyrrole nitrogens is 1. The van der Waals surface area contributed by atoms with E-state index in [0.29, 0.717) is 18.3 Å². The number of ether oxygens (including phenoxy) is 1. The highest BCUT2D eigenvalue weighted by Gasteiger charge is 2.26. The molecule has 0 aliphatic heterocycles. The molecule has 1 aliphatic rings. The molecule has 1 aromatic heterocycles. The van der Waals surface area contributed by atoms with E-state index in [1.807, 2.05) is 30.3 Å². The Balaban J connectivity index is 1.44. The Hall–Kier alpha value is -2.30. The van der Waals surface area contributed by atoms with Gasteiger partial charge in [-0.3, -0.25) is 4.79 Å². The molecule has 1 fully saturated rings. The van der Waals surface area contributed by atoms with Gasteiger partial charge in [0.1, 0.15) is 17.4 Å². The van der Waals surface area contributed by atoms with Crippen LogP contribution in [-0.4, -0.2) is 23.1 Å². The summed E-state index contributed by atoms with van der Waals surface area (Å²) >= 11 is 0. The number of hydrogen-bond acceptors (Lipinski definition) is 4. The van der Waals surface area contributed by atoms with Crippen LogP contribution in [-0.2, 0) is 0 Å². The minimum atomic E-state index is -0.0880. The van der Waals surface area contributed by atoms with E-state index in [1.165, 1.54) is 6.07 Å². The Bertz CT molecular complexity index is 635. The Labute approximate surface area is 123 Å². The summed E-state index contributed by atoms with van der Waals surface area (Å²) in [7, 11) is 0. The predicted molar refractivity (Wildman–Crippen MR) is 81.9 cm³/mol. The van der Waals surface area contributed by atoms with Gasteiger partial charge in [0.15, 0.2) is 0 Å². The van der Waals surface area contributed by atoms with Crippen molar-refractivity contribution in [1.29, 1.82) is 0 Å². The number of aromatic amines is 1. The minimum Gasteiger partial charge on any atom is -0.494 e. The van der Waals surface area contributed by atoms with E-state index in [2.05, 4.69) is 15.3 Å². The van der Waals surface area contributed by atoms with E-state index in [0.717, 1.165) is 37.4 Å². The molecule has 21 heavy (non-hydrogen) atoms. The predicted octanol–water partition coefficient (Wildman–Crippen LogP) is 2.53. The van der Waals surface area contributed by atoms with Gasteiger partial charge in [0.2, 0.25) is 0 Å². The fourth-order valence-corrected chi connectivity index (χ4v) is 2.11. The van der Waals surface area contributed by atoms with Crippen LogP contribution in [0.2, 0.25) is 0 Å². The molecule has 1 aliphatic carbocycles. The molecule has 0 atom stereocenters. The Morgan fingerprint density at radius 1 is 1.29 bits per heavy atom. The number of aromatic nitrogens is 2. The molecule has 5 nitrogen and oxygen atoms in total. The molecule has 0 amide bonds. The topological polar surface area (TPSA) is 67.0 Å². The van der Waals surface area contributed by atoms with Crippen molar-refractivity contribution in [1.82, 2.24) is 9.97 Å². The molecule has 3 rings (SSSR count). The molecule has 110 valence electrons. The van der Waals surface area contributed by atoms with Crippen LogP contribution in [0.25, 0.3) is 0 Å². The zero-order chi connectivity index (χ0) is 14.5. The van der Waals surface area contributed by atoms with Crippen LogP contribution in [0.5, 0.6) is 5.75 Å². The summed E-state index contributed by atoms with van der Waals surface area (Å²) in [5.41, 5.74) is -0.0880. The summed E-state index contributed by atoms with van der Waals surface area (Å²) < 4.78 is 5.61. The second kappa shape index (κ2) is 6.43. The Kier molecular flexibility index (Phi) is 4.19. The molecule has 0 bridgehead atoms. The maximum Gasteiger partial charge on any atom is 0.252 e. The van der Waals surface area contributed by atoms with Crippen molar-refractivity contribution >= 4 is 5.82 Å². The van der Waals surface area contributed by atoms with Crippen molar-refractivity contribution in [3.63, 3.8) is 0 Å². The van der Waals surface area contributed by atoms with E-state index in [9.17, 15) is 4.79 Å². The Morgan fingerprint density at radius 2 is 2.10 bits per heavy atom. The summed E-state index contributed by atoms with van der Waals surface area (Å²) in [6.07, 6.45) is 3.09. The number of nitrogens with zero attached hydrogens (tertiary/aromatic N) is 1. The number of anilines is 1. The van der Waals surface area contributed by atoms with Crippen molar-refractivity contribution < 1.29 is 4.74 Å². The molecule has 2 N–H and O–H groups in total. The molecule has 2 aromatic rings. The fraction of sp³-hybridized carbons (Fsp3) is 0.375. The molecular weight excluding hydrogens is 266 g/mol. The van der Waals surface area contributed by atoms with Crippen molar-refractivity contribution in [2.45, 2.75) is 25.2 Å². The van der Waals surface area contributed by atoms with E-state index < -0.39 is 0 Å². The van der Waals surface area contributed by atoms with Crippen molar-refractivity contribution in [2.24, 2.45) is 0 Å². The Morgan fingerprint density at radius 3 is 2.86 bits per heavy atom. The quantitative estimate of drug-likeness (QED) is 0.767. The maximum absolute atomic E-state index is 11.6. The van der Waals surface area contributed by atoms with Gasteiger partial charge in [0, 0.05) is 18.5 Å². The first-order valence-electron chi connectivity index (χ1n) is 7.34. The molecule has 0 spiro atoms. The third-order valence-electron chi connectivity index (χ3n) is 3.36. The van der Waals surface area contributed by atoms with Crippen LogP contribution >= 0.6 is 0 Å². The summed E-state index contributed by atoms with van der Waals surface area (Å²) in [6.45, 7) is 1.36. The largest absolute Gasteiger partial charge is 0.494 e. The van der Waals surface area contributed by atoms with Gasteiger partial charge in [-0.1, -0.05) is 18.2 Å². The smallest absolute Gasteiger partial charge is 0.252 e. The molecule has 1 saturated carbocycles. The lowest BCUT2D eigenvalue weighted by atomic mass is 10.3. The lowest BCUT2D eigenvalue weighted by Gasteiger charge is -2.08. The van der Waals surface area contributed by atoms with E-state index in [-0.39, 0.29) is 5.56 Å². The van der Waals surface area contributed by atoms with Gasteiger partial charge in [-0.15, -0.1) is 0 Å². The first-order valence-corrected chi connectivity index (χ1v) is 7.34. The molecule has 5 heteroatoms. The number of hydrogen-bond donors (Lipinski definition) is 2. The molecule has 0 radical (unpaired) electrons. The lowest BCUT2D eigenvalue weighted by Crippen LogP contribution is -2.15. The van der Waals surface area contributed by atoms with Gasteiger partial charge in [-0.05, 0) is 31.4 Å². The fourth-order valence-electron chi connectivity index (χ4n) is 2.11. The second-order valence-corrected chi connectivity index (χ2v) is 5.23. The van der Waals surface area contributed by atoms with Gasteiger partial charge < -0.3 is 15.0 Å². The van der Waals surface area contributed by atoms with Crippen molar-refractivity contribution in [3.05, 3.63) is 52.6 Å². The molecule has 0 saturated heterocycles. The average Bonchev–Trinajstić information content (AvgIpc) is 3.32. The first kappa shape index (κ1) is 13.7. The van der Waals surface area contributed by atoms with Crippen LogP contribution in [0.3, 0.4) is 0 Å². The monoisotopic (exact) mass is 285 g/mol. The van der Waals surface area contributed by atoms with Crippen molar-refractivity contribution in [3.8, 4) is 5.75 Å². The number of rotatable bonds is 7. The SMILES string of the molecule is O=c1cc(NCCCOc2ccccc2)nc(C2CC2)[nH]1. The highest BCUT2D eigenvalue weighted by Crippen LogP contribution is 2.37. The molecular formula is C16H19N3O2. The van der Waals surface area contributed by atoms with Crippen LogP contribution in [0.1, 0.15) is 31.0 Å². The first-order chi connectivity index (χ1) is 10.3. The van der Waals surface area contributed by atoms with Crippen LogP contribution in [0, 0.1) is 0 Å². The van der Waals surface area contributed by atoms with E-state index in [4.69, 9.17) is 4.74 Å². The van der Waals surface area contributed by atoms with Crippen LogP contribution in [0.15, 0.2) is 41.2 Å². The van der Waals surface area contributed by atoms with Crippen LogP contribution in [0.4, 0.5) is 5.82 Å². The number of benzene rings is 1. The lowest BCUT2D eigenvalue weighted by molar-refractivity contribution is 0.315. The zero-order valence-electron chi connectivity index (χ0n) is 11.8. The van der Waals surface area contributed by atoms with Gasteiger partial charge in [0.05, 0.1) is 6.61 Å². The third kappa shape index (κ3) is 4.08. The summed E-state index contributed by atoms with van der Waals surface area (Å²) in [5.74, 6) is 2.79. The maximum atomic E-state index is 11.6. The van der Waals surface area contributed by atoms with E-state index in [1.54, 1.807) is 0 Å². The third-order valence-corrected chi connectivity index (χ3v) is 3.36. The molecule has 1 heterocycles. The second-order valence-electron chi connectivity index (χ2n) is 5.23. The summed E-state index contributed by atoms with van der Waals surface area (Å²) in [6, 6.07) is 11.2. The minimum absolute atomic E-state index is 0.0880. The molecule has 1 aromatic carbocycles. The highest BCUT2D eigenvalue weighted by atomic mass is 16.5. The molecule has 0 unspecified atom stereocenters. The van der Waals surface area contributed by atoms with Gasteiger partial charge >= 0.3 is 0 Å². The zero-order valence-corrected chi connectivity index (χ0v) is 11.8. The van der Waals surface area contributed by atoms with Crippen molar-refractivity contribution in [2.75, 3.05) is 18.5 Å². The summed E-state index contributed by atoms with van der Waals surface area (Å²) in [5, 5.41) is 3.18. The number of nitrogens with one attached hydrogen (secondary N) is 2. The standard InChI is InChI=1S/C16H19N3O2/c20-15-11-14(18-16(19-15)12-7-8-12)17-9-4-10-21-13-5-2-1-3-6-13/h1-3,5-6,11-12H,4,7-10H2,(H2,17,18,19,20). The van der Waals surface area contributed by atoms with Gasteiger partial charge in [0.25, 0.3) is 5.56 Å². The van der Waals surface area contributed by atoms with E-state index >= 15 is 0 Å². The summed E-state index contributed by atoms with van der Waals surface area (Å²) in [4.78, 5) is 18.8. The van der Waals surface area contributed by atoms with Gasteiger partial charge in [-0.25, -0.2) is 4.98 Å². The van der Waals surface area contributed by atoms with Crippen LogP contribution < -0.4 is 15.6 Å². The normalized spacial score (nSPS) is 13.9. The average molecular weight is 285 g/mol. The van der Waals surface area contributed by atoms with Gasteiger partial charge in [-0.2, -0.15) is 0 Å². The highest BCUT2D eigenvalue weighted by molar-refractivity contribution is 5.33.